The van der Waals surface area contributed by atoms with Crippen LogP contribution in [0.15, 0.2) is 47.5 Å². The van der Waals surface area contributed by atoms with Gasteiger partial charge in [-0.15, -0.1) is 0 Å². The van der Waals surface area contributed by atoms with E-state index in [0.717, 1.165) is 16.8 Å². The first-order valence-corrected chi connectivity index (χ1v) is 11.9. The van der Waals surface area contributed by atoms with Gasteiger partial charge in [-0.05, 0) is 57.0 Å². The van der Waals surface area contributed by atoms with E-state index < -0.39 is 5.25 Å². The Bertz CT molecular complexity index is 1010. The molecule has 1 heterocycles. The van der Waals surface area contributed by atoms with Crippen molar-refractivity contribution in [2.75, 3.05) is 25.1 Å². The molecule has 1 aliphatic rings. The maximum atomic E-state index is 13.1. The van der Waals surface area contributed by atoms with Gasteiger partial charge in [0, 0.05) is 36.9 Å². The molecule has 2 aromatic rings. The molecule has 0 spiro atoms. The highest BCUT2D eigenvalue weighted by molar-refractivity contribution is 8.15. The SMILES string of the molecule is CCOCCCN1C(=O)C(CC(=O)Nc2cccc(Cl)c2)SC1=Nc1ccc(C)cc1C. The molecule has 0 aromatic heterocycles. The van der Waals surface area contributed by atoms with Crippen molar-refractivity contribution in [3.05, 3.63) is 58.6 Å². The fraction of sp³-hybridized carbons (Fsp3) is 0.375. The molecule has 1 unspecified atom stereocenters. The number of aryl methyl sites for hydroxylation is 2. The maximum absolute atomic E-state index is 13.1. The molecule has 1 atom stereocenters. The number of carbonyl (C=O) groups is 2. The summed E-state index contributed by atoms with van der Waals surface area (Å²) in [4.78, 5) is 32.2. The van der Waals surface area contributed by atoms with E-state index in [1.165, 1.54) is 11.8 Å². The van der Waals surface area contributed by atoms with Crippen molar-refractivity contribution in [2.45, 2.75) is 38.9 Å². The number of nitrogens with zero attached hydrogens (tertiary/aromatic N) is 2. The van der Waals surface area contributed by atoms with E-state index in [2.05, 4.69) is 11.4 Å². The summed E-state index contributed by atoms with van der Waals surface area (Å²) in [5.74, 6) is -0.337. The smallest absolute Gasteiger partial charge is 0.242 e. The van der Waals surface area contributed by atoms with Gasteiger partial charge in [-0.3, -0.25) is 14.5 Å². The Labute approximate surface area is 198 Å². The van der Waals surface area contributed by atoms with Gasteiger partial charge >= 0.3 is 0 Å². The summed E-state index contributed by atoms with van der Waals surface area (Å²) in [6, 6.07) is 13.0. The Hall–Kier alpha value is -2.35. The molecule has 8 heteroatoms. The lowest BCUT2D eigenvalue weighted by Gasteiger charge is -2.16. The number of hydrogen-bond donors (Lipinski definition) is 1. The summed E-state index contributed by atoms with van der Waals surface area (Å²) in [5, 5.41) is 3.46. The second-order valence-corrected chi connectivity index (χ2v) is 9.20. The van der Waals surface area contributed by atoms with Gasteiger partial charge in [0.25, 0.3) is 0 Å². The molecule has 2 aromatic carbocycles. The Morgan fingerprint density at radius 1 is 1.25 bits per heavy atom. The number of nitrogens with one attached hydrogen (secondary N) is 1. The van der Waals surface area contributed by atoms with Gasteiger partial charge in [-0.25, -0.2) is 4.99 Å². The zero-order chi connectivity index (χ0) is 23.1. The van der Waals surface area contributed by atoms with E-state index in [1.54, 1.807) is 29.2 Å². The average Bonchev–Trinajstić information content (AvgIpc) is 3.02. The number of amidine groups is 1. The highest BCUT2D eigenvalue weighted by atomic mass is 35.5. The van der Waals surface area contributed by atoms with Gasteiger partial charge in [-0.1, -0.05) is 47.1 Å². The monoisotopic (exact) mass is 473 g/mol. The number of anilines is 1. The molecule has 1 saturated heterocycles. The number of thioether (sulfide) groups is 1. The molecule has 3 rings (SSSR count). The zero-order valence-corrected chi connectivity index (χ0v) is 20.1. The van der Waals surface area contributed by atoms with Crippen molar-refractivity contribution in [1.82, 2.24) is 4.90 Å². The number of rotatable bonds is 9. The molecule has 0 saturated carbocycles. The van der Waals surface area contributed by atoms with E-state index in [9.17, 15) is 9.59 Å². The molecule has 1 fully saturated rings. The quantitative estimate of drug-likeness (QED) is 0.499. The minimum Gasteiger partial charge on any atom is -0.382 e. The topological polar surface area (TPSA) is 71.0 Å². The molecule has 1 aliphatic heterocycles. The predicted octanol–water partition coefficient (Wildman–Crippen LogP) is 5.34. The first-order valence-electron chi connectivity index (χ1n) is 10.6. The highest BCUT2D eigenvalue weighted by Gasteiger charge is 2.39. The standard InChI is InChI=1S/C24H28ClN3O3S/c1-4-31-12-6-11-28-23(30)21(15-22(29)26-19-8-5-7-18(25)14-19)32-24(28)27-20-10-9-16(2)13-17(20)3/h5,7-10,13-14,21H,4,6,11-12,15H2,1-3H3,(H,26,29). The molecule has 32 heavy (non-hydrogen) atoms. The van der Waals surface area contributed by atoms with Gasteiger partial charge in [0.2, 0.25) is 11.8 Å². The van der Waals surface area contributed by atoms with E-state index in [-0.39, 0.29) is 18.2 Å². The number of hydrogen-bond acceptors (Lipinski definition) is 5. The molecule has 2 amide bonds. The Morgan fingerprint density at radius 3 is 2.78 bits per heavy atom. The first-order chi connectivity index (χ1) is 15.4. The fourth-order valence-electron chi connectivity index (χ4n) is 3.38. The van der Waals surface area contributed by atoms with Crippen LogP contribution >= 0.6 is 23.4 Å². The van der Waals surface area contributed by atoms with E-state index >= 15 is 0 Å². The van der Waals surface area contributed by atoms with Gasteiger partial charge in [0.15, 0.2) is 5.17 Å². The summed E-state index contributed by atoms with van der Waals surface area (Å²) < 4.78 is 5.42. The summed E-state index contributed by atoms with van der Waals surface area (Å²) in [6.45, 7) is 7.69. The van der Waals surface area contributed by atoms with E-state index in [0.29, 0.717) is 42.1 Å². The molecule has 170 valence electrons. The average molecular weight is 474 g/mol. The van der Waals surface area contributed by atoms with Crippen molar-refractivity contribution in [3.63, 3.8) is 0 Å². The normalized spacial score (nSPS) is 17.2. The lowest BCUT2D eigenvalue weighted by atomic mass is 10.1. The third-order valence-electron chi connectivity index (χ3n) is 4.94. The number of halogens is 1. The van der Waals surface area contributed by atoms with Crippen molar-refractivity contribution in [3.8, 4) is 0 Å². The van der Waals surface area contributed by atoms with Gasteiger partial charge in [-0.2, -0.15) is 0 Å². The van der Waals surface area contributed by atoms with Crippen molar-refractivity contribution in [1.29, 1.82) is 0 Å². The predicted molar refractivity (Wildman–Crippen MR) is 132 cm³/mol. The van der Waals surface area contributed by atoms with Crippen LogP contribution in [0.25, 0.3) is 0 Å². The minimum atomic E-state index is -0.522. The van der Waals surface area contributed by atoms with Crippen LogP contribution < -0.4 is 5.32 Å². The second kappa shape index (κ2) is 11.5. The number of carbonyl (C=O) groups excluding carboxylic acids is 2. The summed E-state index contributed by atoms with van der Waals surface area (Å²) >= 11 is 7.33. The van der Waals surface area contributed by atoms with Crippen LogP contribution in [-0.2, 0) is 14.3 Å². The highest BCUT2D eigenvalue weighted by Crippen LogP contribution is 2.33. The van der Waals surface area contributed by atoms with Crippen molar-refractivity contribution < 1.29 is 14.3 Å². The van der Waals surface area contributed by atoms with Crippen LogP contribution in [-0.4, -0.2) is 46.9 Å². The number of aliphatic imine (C=N–C) groups is 1. The van der Waals surface area contributed by atoms with Crippen molar-refractivity contribution in [2.24, 2.45) is 4.99 Å². The van der Waals surface area contributed by atoms with Crippen LogP contribution in [0.3, 0.4) is 0 Å². The second-order valence-electron chi connectivity index (χ2n) is 7.59. The van der Waals surface area contributed by atoms with Crippen LogP contribution in [0.4, 0.5) is 11.4 Å². The molecule has 1 N–H and O–H groups in total. The fourth-order valence-corrected chi connectivity index (χ4v) is 4.75. The van der Waals surface area contributed by atoms with Gasteiger partial charge in [0.05, 0.1) is 5.69 Å². The zero-order valence-electron chi connectivity index (χ0n) is 18.6. The van der Waals surface area contributed by atoms with Crippen LogP contribution in [0.2, 0.25) is 5.02 Å². The Morgan fingerprint density at radius 2 is 2.06 bits per heavy atom. The van der Waals surface area contributed by atoms with Gasteiger partial charge in [0.1, 0.15) is 5.25 Å². The van der Waals surface area contributed by atoms with E-state index in [4.69, 9.17) is 21.3 Å². The lowest BCUT2D eigenvalue weighted by Crippen LogP contribution is -2.34. The summed E-state index contributed by atoms with van der Waals surface area (Å²) in [7, 11) is 0. The summed E-state index contributed by atoms with van der Waals surface area (Å²) in [6.07, 6.45) is 0.761. The molecule has 6 nitrogen and oxygen atoms in total. The summed E-state index contributed by atoms with van der Waals surface area (Å²) in [5.41, 5.74) is 3.63. The Balaban J connectivity index is 1.75. The van der Waals surface area contributed by atoms with Crippen LogP contribution in [0.1, 0.15) is 30.9 Å². The number of amides is 2. The molecule has 0 radical (unpaired) electrons. The van der Waals surface area contributed by atoms with Crippen LogP contribution in [0, 0.1) is 13.8 Å². The molecular weight excluding hydrogens is 446 g/mol. The van der Waals surface area contributed by atoms with Crippen molar-refractivity contribution >= 4 is 51.7 Å². The third kappa shape index (κ3) is 6.58. The molecule has 0 bridgehead atoms. The van der Waals surface area contributed by atoms with E-state index in [1.807, 2.05) is 32.9 Å². The number of benzene rings is 2. The third-order valence-corrected chi connectivity index (χ3v) is 6.35. The van der Waals surface area contributed by atoms with Crippen LogP contribution in [0.5, 0.6) is 0 Å². The largest absolute Gasteiger partial charge is 0.382 e. The Kier molecular flexibility index (Phi) is 8.73. The minimum absolute atomic E-state index is 0.0594. The maximum Gasteiger partial charge on any atom is 0.242 e. The molecule has 0 aliphatic carbocycles. The molecular formula is C24H28ClN3O3S. The van der Waals surface area contributed by atoms with Gasteiger partial charge < -0.3 is 10.1 Å². The first kappa shape index (κ1) is 24.3. The number of ether oxygens (including phenoxy) is 1. The lowest BCUT2D eigenvalue weighted by molar-refractivity contribution is -0.128.